The molecule has 0 radical (unpaired) electrons. The fourth-order valence-corrected chi connectivity index (χ4v) is 4.33. The molecule has 0 aliphatic carbocycles. The van der Waals surface area contributed by atoms with E-state index in [1.165, 1.54) is 5.19 Å². The van der Waals surface area contributed by atoms with Crippen LogP contribution in [0.1, 0.15) is 26.3 Å². The molecule has 4 heteroatoms. The van der Waals surface area contributed by atoms with Gasteiger partial charge in [-0.1, -0.05) is 48.6 Å². The third-order valence-electron chi connectivity index (χ3n) is 3.17. The third kappa shape index (κ3) is 4.83. The molecular formula is C16H25NOSSi. The van der Waals surface area contributed by atoms with Crippen LogP contribution in [0.15, 0.2) is 41.3 Å². The minimum Gasteiger partial charge on any atom is -0.234 e. The van der Waals surface area contributed by atoms with Crippen LogP contribution in [0.25, 0.3) is 0 Å². The van der Waals surface area contributed by atoms with Crippen molar-refractivity contribution < 1.29 is 4.21 Å². The van der Waals surface area contributed by atoms with Gasteiger partial charge >= 0.3 is 0 Å². The van der Waals surface area contributed by atoms with E-state index in [-0.39, 0.29) is 4.75 Å². The van der Waals surface area contributed by atoms with Crippen LogP contribution in [0.4, 0.5) is 0 Å². The monoisotopic (exact) mass is 307 g/mol. The molecule has 0 aromatic heterocycles. The molecule has 0 fully saturated rings. The van der Waals surface area contributed by atoms with E-state index in [1.807, 2.05) is 26.8 Å². The predicted octanol–water partition coefficient (Wildman–Crippen LogP) is 3.67. The van der Waals surface area contributed by atoms with E-state index in [9.17, 15) is 4.21 Å². The lowest BCUT2D eigenvalue weighted by Gasteiger charge is -2.21. The van der Waals surface area contributed by atoms with Crippen LogP contribution in [0.2, 0.25) is 19.1 Å². The molecule has 110 valence electrons. The summed E-state index contributed by atoms with van der Waals surface area (Å²) in [5.74, 6) is 0. The second kappa shape index (κ2) is 6.63. The molecule has 1 rings (SSSR count). The van der Waals surface area contributed by atoms with E-state index in [0.717, 1.165) is 11.6 Å². The second-order valence-corrected chi connectivity index (χ2v) is 13.3. The van der Waals surface area contributed by atoms with E-state index in [4.69, 9.17) is 0 Å². The predicted molar refractivity (Wildman–Crippen MR) is 94.1 cm³/mol. The normalized spacial score (nSPS) is 14.4. The standard InChI is InChI=1S/C16H25NOSSi/c1-7-12-20(5,6)15-10-8-14(9-11-15)13-17-19(18)16(2,3)4/h7-11,13H,1,12H2,2-6H3. The molecule has 0 saturated heterocycles. The zero-order valence-electron chi connectivity index (χ0n) is 13.1. The number of hydrogen-bond acceptors (Lipinski definition) is 1. The van der Waals surface area contributed by atoms with Gasteiger partial charge in [-0.05, 0) is 32.4 Å². The van der Waals surface area contributed by atoms with E-state index in [0.29, 0.717) is 0 Å². The quantitative estimate of drug-likeness (QED) is 0.463. The maximum atomic E-state index is 11.9. The number of rotatable bonds is 5. The molecule has 0 heterocycles. The first-order valence-electron chi connectivity index (χ1n) is 6.84. The van der Waals surface area contributed by atoms with Crippen LogP contribution in [-0.2, 0) is 11.0 Å². The summed E-state index contributed by atoms with van der Waals surface area (Å²) < 4.78 is 15.7. The van der Waals surface area contributed by atoms with Gasteiger partial charge in [0.1, 0.15) is 11.0 Å². The Hall–Kier alpha value is -1.00. The minimum atomic E-state index is -1.40. The summed E-state index contributed by atoms with van der Waals surface area (Å²) in [7, 11) is -2.60. The van der Waals surface area contributed by atoms with Gasteiger partial charge in [-0.2, -0.15) is 4.40 Å². The number of allylic oxidation sites excluding steroid dienone is 1. The molecule has 0 aliphatic heterocycles. The van der Waals surface area contributed by atoms with Crippen LogP contribution >= 0.6 is 0 Å². The van der Waals surface area contributed by atoms with Gasteiger partial charge in [-0.25, -0.2) is 4.21 Å². The summed E-state index contributed by atoms with van der Waals surface area (Å²) in [6.45, 7) is 14.3. The smallest absolute Gasteiger partial charge is 0.144 e. The van der Waals surface area contributed by atoms with Gasteiger partial charge in [0, 0.05) is 6.21 Å². The Labute approximate surface area is 126 Å². The zero-order valence-corrected chi connectivity index (χ0v) is 15.0. The summed E-state index contributed by atoms with van der Waals surface area (Å²) >= 11 is 0. The number of benzene rings is 1. The van der Waals surface area contributed by atoms with Crippen molar-refractivity contribution >= 4 is 30.5 Å². The fourth-order valence-electron chi connectivity index (χ4n) is 1.77. The van der Waals surface area contributed by atoms with Gasteiger partial charge in [-0.15, -0.1) is 6.58 Å². The first-order chi connectivity index (χ1) is 9.16. The van der Waals surface area contributed by atoms with E-state index >= 15 is 0 Å². The van der Waals surface area contributed by atoms with Crippen molar-refractivity contribution in [1.29, 1.82) is 0 Å². The van der Waals surface area contributed by atoms with Gasteiger partial charge in [0.15, 0.2) is 0 Å². The van der Waals surface area contributed by atoms with E-state index < -0.39 is 19.1 Å². The highest BCUT2D eigenvalue weighted by molar-refractivity contribution is 7.85. The van der Waals surface area contributed by atoms with Crippen molar-refractivity contribution in [3.05, 3.63) is 42.5 Å². The molecule has 0 amide bonds. The summed E-state index contributed by atoms with van der Waals surface area (Å²) in [5.41, 5.74) is 0.995. The topological polar surface area (TPSA) is 29.4 Å². The van der Waals surface area contributed by atoms with Crippen LogP contribution in [0.5, 0.6) is 0 Å². The van der Waals surface area contributed by atoms with Crippen molar-refractivity contribution in [2.75, 3.05) is 0 Å². The summed E-state index contributed by atoms with van der Waals surface area (Å²) in [4.78, 5) is 0. The highest BCUT2D eigenvalue weighted by Gasteiger charge is 2.21. The summed E-state index contributed by atoms with van der Waals surface area (Å²) in [6.07, 6.45) is 3.71. The van der Waals surface area contributed by atoms with Crippen LogP contribution in [0.3, 0.4) is 0 Å². The van der Waals surface area contributed by atoms with Gasteiger partial charge in [-0.3, -0.25) is 0 Å². The molecule has 0 N–H and O–H groups in total. The zero-order chi connectivity index (χ0) is 15.4. The van der Waals surface area contributed by atoms with Gasteiger partial charge in [0.25, 0.3) is 0 Å². The van der Waals surface area contributed by atoms with Crippen LogP contribution in [-0.4, -0.2) is 23.2 Å². The molecule has 1 aromatic rings. The van der Waals surface area contributed by atoms with Crippen molar-refractivity contribution in [3.8, 4) is 0 Å². The third-order valence-corrected chi connectivity index (χ3v) is 7.72. The second-order valence-electron chi connectivity index (χ2n) is 6.59. The summed E-state index contributed by atoms with van der Waals surface area (Å²) in [5, 5.41) is 1.41. The van der Waals surface area contributed by atoms with E-state index in [1.54, 1.807) is 6.21 Å². The Bertz CT molecular complexity index is 512. The molecule has 1 unspecified atom stereocenters. The molecule has 0 spiro atoms. The molecule has 0 aliphatic rings. The molecule has 1 atom stereocenters. The van der Waals surface area contributed by atoms with Crippen molar-refractivity contribution in [2.45, 2.75) is 44.7 Å². The molecule has 0 saturated carbocycles. The van der Waals surface area contributed by atoms with Gasteiger partial charge in [0.05, 0.1) is 12.8 Å². The molecule has 0 bridgehead atoms. The van der Waals surface area contributed by atoms with Crippen molar-refractivity contribution in [1.82, 2.24) is 0 Å². The first kappa shape index (κ1) is 17.0. The average Bonchev–Trinajstić information content (AvgIpc) is 2.35. The van der Waals surface area contributed by atoms with Crippen molar-refractivity contribution in [2.24, 2.45) is 4.40 Å². The van der Waals surface area contributed by atoms with E-state index in [2.05, 4.69) is 48.3 Å². The average molecular weight is 308 g/mol. The van der Waals surface area contributed by atoms with Crippen LogP contribution in [0, 0.1) is 0 Å². The first-order valence-corrected chi connectivity index (χ1v) is 11.2. The molecule has 20 heavy (non-hydrogen) atoms. The maximum Gasteiger partial charge on any atom is 0.144 e. The number of hydrogen-bond donors (Lipinski definition) is 0. The Kier molecular flexibility index (Phi) is 5.65. The highest BCUT2D eigenvalue weighted by atomic mass is 32.2. The molecular weight excluding hydrogens is 282 g/mol. The maximum absolute atomic E-state index is 11.9. The Morgan fingerprint density at radius 2 is 1.80 bits per heavy atom. The SMILES string of the molecule is C=CC[Si](C)(C)c1ccc(C=NS(=O)C(C)(C)C)cc1. The Morgan fingerprint density at radius 3 is 2.25 bits per heavy atom. The van der Waals surface area contributed by atoms with Gasteiger partial charge in [0.2, 0.25) is 0 Å². The largest absolute Gasteiger partial charge is 0.234 e. The lowest BCUT2D eigenvalue weighted by atomic mass is 10.2. The minimum absolute atomic E-state index is 0.310. The molecule has 2 nitrogen and oxygen atoms in total. The Balaban J connectivity index is 2.85. The van der Waals surface area contributed by atoms with Crippen LogP contribution < -0.4 is 5.19 Å². The molecule has 1 aromatic carbocycles. The van der Waals surface area contributed by atoms with Gasteiger partial charge < -0.3 is 0 Å². The Morgan fingerprint density at radius 1 is 1.25 bits per heavy atom. The summed E-state index contributed by atoms with van der Waals surface area (Å²) in [6, 6.07) is 9.51. The highest BCUT2D eigenvalue weighted by Crippen LogP contribution is 2.13. The lowest BCUT2D eigenvalue weighted by Crippen LogP contribution is -2.40. The van der Waals surface area contributed by atoms with Crippen molar-refractivity contribution in [3.63, 3.8) is 0 Å². The number of nitrogens with zero attached hydrogens (tertiary/aromatic N) is 1. The fraction of sp³-hybridized carbons (Fsp3) is 0.438. The lowest BCUT2D eigenvalue weighted by molar-refractivity contribution is 0.651.